The summed E-state index contributed by atoms with van der Waals surface area (Å²) < 4.78 is 10.6. The number of methoxy groups -OCH3 is 2. The highest BCUT2D eigenvalue weighted by Crippen LogP contribution is 2.34. The molecular weight excluding hydrogens is 232 g/mol. The molecule has 4 heteroatoms. The van der Waals surface area contributed by atoms with Gasteiger partial charge in [-0.2, -0.15) is 0 Å². The highest BCUT2D eigenvalue weighted by molar-refractivity contribution is 5.70. The number of hydrogen-bond acceptors (Lipinski definition) is 3. The maximum Gasteiger partial charge on any atom is 0.306 e. The molecule has 0 fully saturated rings. The van der Waals surface area contributed by atoms with E-state index in [1.54, 1.807) is 21.1 Å². The van der Waals surface area contributed by atoms with Gasteiger partial charge in [0, 0.05) is 5.56 Å². The molecule has 1 unspecified atom stereocenters. The van der Waals surface area contributed by atoms with Crippen molar-refractivity contribution in [1.29, 1.82) is 0 Å². The first kappa shape index (κ1) is 14.4. The zero-order valence-corrected chi connectivity index (χ0v) is 11.3. The quantitative estimate of drug-likeness (QED) is 0.845. The molecule has 0 saturated carbocycles. The Labute approximate surface area is 108 Å². The number of rotatable bonds is 6. The monoisotopic (exact) mass is 252 g/mol. The number of benzene rings is 1. The van der Waals surface area contributed by atoms with Crippen LogP contribution < -0.4 is 9.47 Å². The lowest BCUT2D eigenvalue weighted by Gasteiger charge is -2.17. The van der Waals surface area contributed by atoms with Gasteiger partial charge in [0.2, 0.25) is 0 Å². The minimum atomic E-state index is -0.785. The van der Waals surface area contributed by atoms with Gasteiger partial charge in [-0.1, -0.05) is 19.9 Å². The molecule has 0 aliphatic heterocycles. The van der Waals surface area contributed by atoms with E-state index in [1.807, 2.05) is 19.1 Å². The van der Waals surface area contributed by atoms with Crippen LogP contribution in [0.4, 0.5) is 0 Å². The van der Waals surface area contributed by atoms with Crippen molar-refractivity contribution in [1.82, 2.24) is 0 Å². The Bertz CT molecular complexity index is 426. The molecule has 1 aromatic rings. The number of hydrogen-bond donors (Lipinski definition) is 1. The number of aliphatic carboxylic acids is 1. The van der Waals surface area contributed by atoms with E-state index < -0.39 is 11.9 Å². The summed E-state index contributed by atoms with van der Waals surface area (Å²) in [6, 6.07) is 3.74. The fraction of sp³-hybridized carbons (Fsp3) is 0.500. The second-order valence-electron chi connectivity index (χ2n) is 4.24. The van der Waals surface area contributed by atoms with Crippen LogP contribution in [0, 0.1) is 5.92 Å². The normalized spacial score (nSPS) is 12.0. The van der Waals surface area contributed by atoms with Crippen LogP contribution in [0.2, 0.25) is 0 Å². The third-order valence-electron chi connectivity index (χ3n) is 3.05. The Morgan fingerprint density at radius 1 is 1.33 bits per heavy atom. The summed E-state index contributed by atoms with van der Waals surface area (Å²) in [5.41, 5.74) is 2.02. The third-order valence-corrected chi connectivity index (χ3v) is 3.05. The second kappa shape index (κ2) is 6.28. The van der Waals surface area contributed by atoms with Crippen LogP contribution in [0.15, 0.2) is 12.1 Å². The first-order valence-corrected chi connectivity index (χ1v) is 6.00. The zero-order chi connectivity index (χ0) is 13.7. The fourth-order valence-corrected chi connectivity index (χ4v) is 2.03. The Morgan fingerprint density at radius 2 is 2.00 bits per heavy atom. The SMILES string of the molecule is CCc1c(CC(C)C(=O)O)ccc(OC)c1OC. The lowest BCUT2D eigenvalue weighted by atomic mass is 9.94. The van der Waals surface area contributed by atoms with Crippen LogP contribution in [0.1, 0.15) is 25.0 Å². The standard InChI is InChI=1S/C14H20O4/c1-5-11-10(8-9(2)14(15)16)6-7-12(17-3)13(11)18-4/h6-7,9H,5,8H2,1-4H3,(H,15,16). The molecule has 0 saturated heterocycles. The van der Waals surface area contributed by atoms with Crippen molar-refractivity contribution in [3.8, 4) is 11.5 Å². The summed E-state index contributed by atoms with van der Waals surface area (Å²) in [6.45, 7) is 3.73. The van der Waals surface area contributed by atoms with Crippen LogP contribution in [-0.4, -0.2) is 25.3 Å². The molecule has 0 aliphatic carbocycles. The van der Waals surface area contributed by atoms with E-state index in [-0.39, 0.29) is 0 Å². The molecule has 0 heterocycles. The van der Waals surface area contributed by atoms with Gasteiger partial charge >= 0.3 is 5.97 Å². The Morgan fingerprint density at radius 3 is 2.44 bits per heavy atom. The summed E-state index contributed by atoms with van der Waals surface area (Å²) in [7, 11) is 3.19. The molecular formula is C14H20O4. The predicted octanol–water partition coefficient (Wildman–Crippen LogP) is 2.53. The first-order valence-electron chi connectivity index (χ1n) is 6.00. The van der Waals surface area contributed by atoms with Crippen molar-refractivity contribution in [2.24, 2.45) is 5.92 Å². The molecule has 0 spiro atoms. The van der Waals surface area contributed by atoms with Crippen molar-refractivity contribution in [2.45, 2.75) is 26.7 Å². The minimum Gasteiger partial charge on any atom is -0.493 e. The van der Waals surface area contributed by atoms with Crippen molar-refractivity contribution < 1.29 is 19.4 Å². The van der Waals surface area contributed by atoms with E-state index in [1.165, 1.54) is 0 Å². The maximum atomic E-state index is 10.9. The van der Waals surface area contributed by atoms with Crippen LogP contribution in [0.25, 0.3) is 0 Å². The molecule has 100 valence electrons. The average molecular weight is 252 g/mol. The van der Waals surface area contributed by atoms with Gasteiger partial charge in [-0.15, -0.1) is 0 Å². The van der Waals surface area contributed by atoms with Crippen LogP contribution in [0.3, 0.4) is 0 Å². The lowest BCUT2D eigenvalue weighted by molar-refractivity contribution is -0.141. The van der Waals surface area contributed by atoms with Crippen molar-refractivity contribution in [3.63, 3.8) is 0 Å². The first-order chi connectivity index (χ1) is 8.54. The van der Waals surface area contributed by atoms with Gasteiger partial charge in [0.25, 0.3) is 0 Å². The molecule has 0 aromatic heterocycles. The van der Waals surface area contributed by atoms with E-state index in [0.29, 0.717) is 17.9 Å². The topological polar surface area (TPSA) is 55.8 Å². The highest BCUT2D eigenvalue weighted by Gasteiger charge is 2.18. The van der Waals surface area contributed by atoms with Crippen molar-refractivity contribution in [3.05, 3.63) is 23.3 Å². The zero-order valence-electron chi connectivity index (χ0n) is 11.3. The molecule has 0 radical (unpaired) electrons. The average Bonchev–Trinajstić information content (AvgIpc) is 2.37. The number of carbonyl (C=O) groups is 1. The van der Waals surface area contributed by atoms with Crippen LogP contribution in [-0.2, 0) is 17.6 Å². The molecule has 0 amide bonds. The van der Waals surface area contributed by atoms with Crippen LogP contribution >= 0.6 is 0 Å². The minimum absolute atomic E-state index is 0.409. The van der Waals surface area contributed by atoms with Crippen LogP contribution in [0.5, 0.6) is 11.5 Å². The van der Waals surface area contributed by atoms with Gasteiger partial charge in [-0.05, 0) is 24.5 Å². The second-order valence-corrected chi connectivity index (χ2v) is 4.24. The fourth-order valence-electron chi connectivity index (χ4n) is 2.03. The summed E-state index contributed by atoms with van der Waals surface area (Å²) in [5.74, 6) is 0.191. The predicted molar refractivity (Wildman–Crippen MR) is 69.4 cm³/mol. The number of carboxylic acid groups (broad SMARTS) is 1. The Balaban J connectivity index is 3.16. The van der Waals surface area contributed by atoms with Gasteiger partial charge < -0.3 is 14.6 Å². The number of carboxylic acids is 1. The summed E-state index contributed by atoms with van der Waals surface area (Å²) in [6.07, 6.45) is 1.28. The lowest BCUT2D eigenvalue weighted by Crippen LogP contribution is -2.13. The Kier molecular flexibility index (Phi) is 5.01. The van der Waals surface area contributed by atoms with Gasteiger partial charge in [0.05, 0.1) is 20.1 Å². The largest absolute Gasteiger partial charge is 0.493 e. The molecule has 1 rings (SSSR count). The van der Waals surface area contributed by atoms with E-state index in [9.17, 15) is 4.79 Å². The third kappa shape index (κ3) is 2.94. The molecule has 0 aliphatic rings. The smallest absolute Gasteiger partial charge is 0.306 e. The van der Waals surface area contributed by atoms with Gasteiger partial charge in [-0.25, -0.2) is 0 Å². The molecule has 1 N–H and O–H groups in total. The molecule has 4 nitrogen and oxygen atoms in total. The number of ether oxygens (including phenoxy) is 2. The van der Waals surface area contributed by atoms with E-state index >= 15 is 0 Å². The van der Waals surface area contributed by atoms with Crippen molar-refractivity contribution >= 4 is 5.97 Å². The van der Waals surface area contributed by atoms with E-state index in [0.717, 1.165) is 17.5 Å². The molecule has 0 bridgehead atoms. The Hall–Kier alpha value is -1.71. The van der Waals surface area contributed by atoms with Gasteiger partial charge in [0.15, 0.2) is 11.5 Å². The van der Waals surface area contributed by atoms with E-state index in [2.05, 4.69) is 0 Å². The highest BCUT2D eigenvalue weighted by atomic mass is 16.5. The summed E-state index contributed by atoms with van der Waals surface area (Å²) in [5, 5.41) is 8.98. The summed E-state index contributed by atoms with van der Waals surface area (Å²) >= 11 is 0. The van der Waals surface area contributed by atoms with Gasteiger partial charge in [0.1, 0.15) is 0 Å². The van der Waals surface area contributed by atoms with E-state index in [4.69, 9.17) is 14.6 Å². The molecule has 18 heavy (non-hydrogen) atoms. The molecule has 1 aromatic carbocycles. The van der Waals surface area contributed by atoms with Crippen molar-refractivity contribution in [2.75, 3.05) is 14.2 Å². The van der Waals surface area contributed by atoms with Gasteiger partial charge in [-0.3, -0.25) is 4.79 Å². The summed E-state index contributed by atoms with van der Waals surface area (Å²) in [4.78, 5) is 10.9. The molecule has 1 atom stereocenters. The maximum absolute atomic E-state index is 10.9.